The number of carbonyl (C=O) groups excluding carboxylic acids is 1. The molecule has 0 radical (unpaired) electrons. The summed E-state index contributed by atoms with van der Waals surface area (Å²) in [5.74, 6) is 0.414. The van der Waals surface area contributed by atoms with E-state index in [1.807, 2.05) is 18.2 Å². The Bertz CT molecular complexity index is 545. The van der Waals surface area contributed by atoms with Crippen molar-refractivity contribution in [3.63, 3.8) is 0 Å². The third kappa shape index (κ3) is 2.01. The molecule has 18 heavy (non-hydrogen) atoms. The molecule has 1 fully saturated rings. The summed E-state index contributed by atoms with van der Waals surface area (Å²) in [6.07, 6.45) is 2.85. The zero-order valence-electron chi connectivity index (χ0n) is 10.3. The number of aromatic nitrogens is 1. The third-order valence-electron chi connectivity index (χ3n) is 3.63. The fourth-order valence-electron chi connectivity index (χ4n) is 2.65. The lowest BCUT2D eigenvalue weighted by Gasteiger charge is -2.06. The van der Waals surface area contributed by atoms with Gasteiger partial charge in [-0.2, -0.15) is 0 Å². The molecule has 3 rings (SSSR count). The first-order valence-electron chi connectivity index (χ1n) is 6.21. The van der Waals surface area contributed by atoms with Crippen LogP contribution in [0.4, 0.5) is 0 Å². The van der Waals surface area contributed by atoms with Crippen molar-refractivity contribution in [1.82, 2.24) is 4.98 Å². The summed E-state index contributed by atoms with van der Waals surface area (Å²) in [6, 6.07) is 8.19. The van der Waals surface area contributed by atoms with Crippen molar-refractivity contribution >= 4 is 27.5 Å². The normalized spacial score (nSPS) is 23.4. The maximum atomic E-state index is 11.5. The van der Waals surface area contributed by atoms with E-state index < -0.39 is 0 Å². The van der Waals surface area contributed by atoms with Crippen molar-refractivity contribution in [2.45, 2.75) is 25.2 Å². The molecule has 0 N–H and O–H groups in total. The summed E-state index contributed by atoms with van der Waals surface area (Å²) >= 11 is 1.75. The van der Waals surface area contributed by atoms with Crippen molar-refractivity contribution in [2.24, 2.45) is 5.92 Å². The second-order valence-corrected chi connectivity index (χ2v) is 5.81. The summed E-state index contributed by atoms with van der Waals surface area (Å²) in [5, 5.41) is 1.17. The molecule has 0 aliphatic heterocycles. The van der Waals surface area contributed by atoms with Gasteiger partial charge in [0.2, 0.25) is 0 Å². The molecular weight excluding hydrogens is 246 g/mol. The molecule has 1 aromatic carbocycles. The van der Waals surface area contributed by atoms with E-state index in [0.717, 1.165) is 24.8 Å². The first kappa shape index (κ1) is 11.7. The monoisotopic (exact) mass is 261 g/mol. The standard InChI is InChI=1S/C14H15NO2S/c1-17-14(16)10-7-6-9(8-10)13-15-11-4-2-3-5-12(11)18-13/h2-5,9-10H,6-8H2,1H3. The lowest BCUT2D eigenvalue weighted by atomic mass is 10.1. The van der Waals surface area contributed by atoms with Gasteiger partial charge in [0, 0.05) is 5.92 Å². The van der Waals surface area contributed by atoms with Crippen LogP contribution in [0.3, 0.4) is 0 Å². The van der Waals surface area contributed by atoms with E-state index in [-0.39, 0.29) is 11.9 Å². The van der Waals surface area contributed by atoms with Gasteiger partial charge in [0.1, 0.15) is 0 Å². The number of thiazole rings is 1. The van der Waals surface area contributed by atoms with Crippen LogP contribution in [0, 0.1) is 5.92 Å². The van der Waals surface area contributed by atoms with E-state index >= 15 is 0 Å². The summed E-state index contributed by atoms with van der Waals surface area (Å²) in [5.41, 5.74) is 1.07. The van der Waals surface area contributed by atoms with Crippen LogP contribution in [0.5, 0.6) is 0 Å². The number of carbonyl (C=O) groups is 1. The number of nitrogens with zero attached hydrogens (tertiary/aromatic N) is 1. The highest BCUT2D eigenvalue weighted by Crippen LogP contribution is 2.41. The van der Waals surface area contributed by atoms with Crippen LogP contribution in [0.15, 0.2) is 24.3 Å². The molecule has 2 aromatic rings. The van der Waals surface area contributed by atoms with Crippen molar-refractivity contribution in [3.8, 4) is 0 Å². The van der Waals surface area contributed by atoms with Gasteiger partial charge in [-0.3, -0.25) is 4.79 Å². The summed E-state index contributed by atoms with van der Waals surface area (Å²) in [6.45, 7) is 0. The van der Waals surface area contributed by atoms with Crippen LogP contribution < -0.4 is 0 Å². The Kier molecular flexibility index (Phi) is 3.04. The molecule has 0 amide bonds. The van der Waals surface area contributed by atoms with Crippen LogP contribution in [-0.2, 0) is 9.53 Å². The van der Waals surface area contributed by atoms with Gasteiger partial charge in [-0.25, -0.2) is 4.98 Å². The van der Waals surface area contributed by atoms with E-state index in [4.69, 9.17) is 4.74 Å². The number of esters is 1. The Labute approximate surface area is 110 Å². The Morgan fingerprint density at radius 3 is 3.00 bits per heavy atom. The van der Waals surface area contributed by atoms with Crippen molar-refractivity contribution in [3.05, 3.63) is 29.3 Å². The SMILES string of the molecule is COC(=O)C1CCC(c2nc3ccccc3s2)C1. The highest BCUT2D eigenvalue weighted by molar-refractivity contribution is 7.18. The summed E-state index contributed by atoms with van der Waals surface area (Å²) in [7, 11) is 1.47. The zero-order valence-corrected chi connectivity index (χ0v) is 11.1. The molecule has 1 aliphatic carbocycles. The molecular formula is C14H15NO2S. The molecule has 1 aliphatic rings. The number of hydrogen-bond donors (Lipinski definition) is 0. The van der Waals surface area contributed by atoms with Crippen LogP contribution in [-0.4, -0.2) is 18.1 Å². The Hall–Kier alpha value is -1.42. The van der Waals surface area contributed by atoms with Crippen LogP contribution in [0.25, 0.3) is 10.2 Å². The second-order valence-electron chi connectivity index (χ2n) is 4.75. The van der Waals surface area contributed by atoms with Gasteiger partial charge >= 0.3 is 5.97 Å². The van der Waals surface area contributed by atoms with Gasteiger partial charge in [-0.1, -0.05) is 12.1 Å². The summed E-state index contributed by atoms with van der Waals surface area (Å²) in [4.78, 5) is 16.2. The largest absolute Gasteiger partial charge is 0.469 e. The number of methoxy groups -OCH3 is 1. The van der Waals surface area contributed by atoms with Gasteiger partial charge in [-0.15, -0.1) is 11.3 Å². The minimum Gasteiger partial charge on any atom is -0.469 e. The quantitative estimate of drug-likeness (QED) is 0.778. The highest BCUT2D eigenvalue weighted by Gasteiger charge is 2.32. The van der Waals surface area contributed by atoms with E-state index in [1.165, 1.54) is 16.8 Å². The predicted molar refractivity (Wildman–Crippen MR) is 71.7 cm³/mol. The minimum atomic E-state index is -0.0707. The number of hydrogen-bond acceptors (Lipinski definition) is 4. The number of fused-ring (bicyclic) bond motifs is 1. The third-order valence-corrected chi connectivity index (χ3v) is 4.83. The molecule has 1 aromatic heterocycles. The molecule has 94 valence electrons. The molecule has 2 atom stereocenters. The number of rotatable bonds is 2. The van der Waals surface area contributed by atoms with Gasteiger partial charge in [0.15, 0.2) is 0 Å². The lowest BCUT2D eigenvalue weighted by Crippen LogP contribution is -2.12. The number of para-hydroxylation sites is 1. The predicted octanol–water partition coefficient (Wildman–Crippen LogP) is 3.35. The van der Waals surface area contributed by atoms with E-state index in [1.54, 1.807) is 11.3 Å². The maximum absolute atomic E-state index is 11.5. The smallest absolute Gasteiger partial charge is 0.308 e. The number of ether oxygens (including phenoxy) is 1. The van der Waals surface area contributed by atoms with Crippen molar-refractivity contribution < 1.29 is 9.53 Å². The second kappa shape index (κ2) is 4.69. The van der Waals surface area contributed by atoms with E-state index in [9.17, 15) is 4.79 Å². The molecule has 3 nitrogen and oxygen atoms in total. The van der Waals surface area contributed by atoms with Crippen LogP contribution in [0.2, 0.25) is 0 Å². The lowest BCUT2D eigenvalue weighted by molar-refractivity contribution is -0.145. The highest BCUT2D eigenvalue weighted by atomic mass is 32.1. The van der Waals surface area contributed by atoms with Gasteiger partial charge < -0.3 is 4.74 Å². The van der Waals surface area contributed by atoms with Crippen molar-refractivity contribution in [2.75, 3.05) is 7.11 Å². The number of benzene rings is 1. The van der Waals surface area contributed by atoms with Gasteiger partial charge in [-0.05, 0) is 31.4 Å². The summed E-state index contributed by atoms with van der Waals surface area (Å²) < 4.78 is 6.05. The first-order valence-corrected chi connectivity index (χ1v) is 7.03. The fraction of sp³-hybridized carbons (Fsp3) is 0.429. The van der Waals surface area contributed by atoms with Gasteiger partial charge in [0.05, 0.1) is 28.3 Å². The molecule has 0 bridgehead atoms. The molecule has 1 saturated carbocycles. The molecule has 2 unspecified atom stereocenters. The van der Waals surface area contributed by atoms with E-state index in [2.05, 4.69) is 11.1 Å². The molecule has 1 heterocycles. The van der Waals surface area contributed by atoms with Gasteiger partial charge in [0.25, 0.3) is 0 Å². The fourth-order valence-corrected chi connectivity index (χ4v) is 3.77. The topological polar surface area (TPSA) is 39.2 Å². The van der Waals surface area contributed by atoms with E-state index in [0.29, 0.717) is 5.92 Å². The zero-order chi connectivity index (χ0) is 12.5. The van der Waals surface area contributed by atoms with Crippen LogP contribution in [0.1, 0.15) is 30.2 Å². The first-order chi connectivity index (χ1) is 8.78. The molecule has 0 spiro atoms. The Morgan fingerprint density at radius 2 is 2.22 bits per heavy atom. The molecule has 4 heteroatoms. The molecule has 0 saturated heterocycles. The maximum Gasteiger partial charge on any atom is 0.308 e. The Morgan fingerprint density at radius 1 is 1.39 bits per heavy atom. The average Bonchev–Trinajstić information content (AvgIpc) is 3.03. The van der Waals surface area contributed by atoms with Crippen LogP contribution >= 0.6 is 11.3 Å². The Balaban J connectivity index is 1.82. The van der Waals surface area contributed by atoms with Crippen molar-refractivity contribution in [1.29, 1.82) is 0 Å². The minimum absolute atomic E-state index is 0.0620. The average molecular weight is 261 g/mol.